The normalized spacial score (nSPS) is 19.2. The zero-order valence-corrected chi connectivity index (χ0v) is 11.5. The standard InChI is InChI=1S/C14H22N2O3/c1-3-8-15(11-14(18)19)10-13(17)16-9-6-5-7-12(16)4-2/h1,12H,4-11H2,2H3,(H,18,19). The van der Waals surface area contributed by atoms with Gasteiger partial charge >= 0.3 is 5.97 Å². The van der Waals surface area contributed by atoms with Gasteiger partial charge in [0.05, 0.1) is 19.6 Å². The third-order valence-electron chi connectivity index (χ3n) is 3.45. The molecule has 0 aliphatic carbocycles. The van der Waals surface area contributed by atoms with Crippen LogP contribution in [0.3, 0.4) is 0 Å². The Kier molecular flexibility index (Phi) is 6.37. The number of carboxylic acids is 1. The molecule has 19 heavy (non-hydrogen) atoms. The molecule has 0 spiro atoms. The Bertz CT molecular complexity index is 362. The van der Waals surface area contributed by atoms with E-state index in [9.17, 15) is 9.59 Å². The van der Waals surface area contributed by atoms with E-state index in [0.717, 1.165) is 32.2 Å². The van der Waals surface area contributed by atoms with E-state index < -0.39 is 5.97 Å². The highest BCUT2D eigenvalue weighted by atomic mass is 16.4. The minimum Gasteiger partial charge on any atom is -0.480 e. The maximum Gasteiger partial charge on any atom is 0.317 e. The first kappa shape index (κ1) is 15.5. The van der Waals surface area contributed by atoms with Crippen LogP contribution in [-0.2, 0) is 9.59 Å². The lowest BCUT2D eigenvalue weighted by Gasteiger charge is -2.36. The minimum absolute atomic E-state index is 0.0111. The summed E-state index contributed by atoms with van der Waals surface area (Å²) < 4.78 is 0. The van der Waals surface area contributed by atoms with E-state index in [1.165, 1.54) is 4.90 Å². The monoisotopic (exact) mass is 266 g/mol. The number of hydrogen-bond acceptors (Lipinski definition) is 3. The van der Waals surface area contributed by atoms with E-state index in [2.05, 4.69) is 12.8 Å². The molecule has 106 valence electrons. The molecular formula is C14H22N2O3. The molecule has 0 aromatic heterocycles. The Hall–Kier alpha value is -1.54. The van der Waals surface area contributed by atoms with Gasteiger partial charge in [0.2, 0.25) is 5.91 Å². The van der Waals surface area contributed by atoms with E-state index in [1.807, 2.05) is 4.90 Å². The summed E-state index contributed by atoms with van der Waals surface area (Å²) in [6.45, 7) is 2.93. The molecule has 5 heteroatoms. The molecule has 1 saturated heterocycles. The van der Waals surface area contributed by atoms with Crippen LogP contribution in [0.25, 0.3) is 0 Å². The van der Waals surface area contributed by atoms with Crippen molar-refractivity contribution in [2.24, 2.45) is 0 Å². The number of carbonyl (C=O) groups is 2. The highest BCUT2D eigenvalue weighted by Gasteiger charge is 2.26. The van der Waals surface area contributed by atoms with E-state index in [4.69, 9.17) is 11.5 Å². The van der Waals surface area contributed by atoms with Crippen molar-refractivity contribution in [3.8, 4) is 12.3 Å². The van der Waals surface area contributed by atoms with E-state index in [0.29, 0.717) is 6.04 Å². The quantitative estimate of drug-likeness (QED) is 0.722. The second-order valence-corrected chi connectivity index (χ2v) is 4.89. The van der Waals surface area contributed by atoms with Crippen LogP contribution in [0.1, 0.15) is 32.6 Å². The summed E-state index contributed by atoms with van der Waals surface area (Å²) in [5.41, 5.74) is 0. The van der Waals surface area contributed by atoms with Gasteiger partial charge in [-0.15, -0.1) is 6.42 Å². The highest BCUT2D eigenvalue weighted by Crippen LogP contribution is 2.19. The van der Waals surface area contributed by atoms with Crippen molar-refractivity contribution in [2.75, 3.05) is 26.2 Å². The average Bonchev–Trinajstić information content (AvgIpc) is 2.38. The molecule has 0 saturated carbocycles. The van der Waals surface area contributed by atoms with Crippen molar-refractivity contribution in [1.29, 1.82) is 0 Å². The number of carboxylic acid groups (broad SMARTS) is 1. The van der Waals surface area contributed by atoms with Crippen LogP contribution >= 0.6 is 0 Å². The molecule has 0 aromatic rings. The number of rotatable bonds is 6. The molecule has 0 bridgehead atoms. The largest absolute Gasteiger partial charge is 0.480 e. The number of piperidine rings is 1. The summed E-state index contributed by atoms with van der Waals surface area (Å²) >= 11 is 0. The van der Waals surface area contributed by atoms with Crippen LogP contribution in [0.2, 0.25) is 0 Å². The molecule has 1 aliphatic rings. The molecule has 1 unspecified atom stereocenters. The molecule has 0 radical (unpaired) electrons. The molecule has 1 atom stereocenters. The molecule has 1 aliphatic heterocycles. The third kappa shape index (κ3) is 4.92. The van der Waals surface area contributed by atoms with Gasteiger partial charge in [-0.1, -0.05) is 12.8 Å². The molecule has 1 N–H and O–H groups in total. The second-order valence-electron chi connectivity index (χ2n) is 4.89. The van der Waals surface area contributed by atoms with Crippen LogP contribution in [0.15, 0.2) is 0 Å². The van der Waals surface area contributed by atoms with Crippen LogP contribution in [-0.4, -0.2) is 59.0 Å². The highest BCUT2D eigenvalue weighted by molar-refractivity contribution is 5.79. The lowest BCUT2D eigenvalue weighted by Crippen LogP contribution is -2.48. The first-order valence-corrected chi connectivity index (χ1v) is 6.75. The van der Waals surface area contributed by atoms with Gasteiger partial charge in [-0.3, -0.25) is 14.5 Å². The van der Waals surface area contributed by atoms with Gasteiger partial charge in [-0.25, -0.2) is 0 Å². The summed E-state index contributed by atoms with van der Waals surface area (Å²) in [6, 6.07) is 0.291. The Labute approximate surface area is 114 Å². The number of nitrogens with zero attached hydrogens (tertiary/aromatic N) is 2. The predicted molar refractivity (Wildman–Crippen MR) is 72.6 cm³/mol. The Morgan fingerprint density at radius 1 is 1.42 bits per heavy atom. The van der Waals surface area contributed by atoms with E-state index >= 15 is 0 Å². The van der Waals surface area contributed by atoms with Crippen LogP contribution in [0, 0.1) is 12.3 Å². The zero-order valence-electron chi connectivity index (χ0n) is 11.5. The molecule has 1 amide bonds. The fourth-order valence-corrected chi connectivity index (χ4v) is 2.52. The summed E-state index contributed by atoms with van der Waals surface area (Å²) in [5.74, 6) is 1.42. The fraction of sp³-hybridized carbons (Fsp3) is 0.714. The van der Waals surface area contributed by atoms with Gasteiger partial charge in [0.15, 0.2) is 0 Å². The first-order valence-electron chi connectivity index (χ1n) is 6.75. The zero-order chi connectivity index (χ0) is 14.3. The lowest BCUT2D eigenvalue weighted by atomic mass is 10.00. The number of hydrogen-bond donors (Lipinski definition) is 1. The maximum atomic E-state index is 12.3. The minimum atomic E-state index is -0.964. The van der Waals surface area contributed by atoms with Crippen LogP contribution < -0.4 is 0 Å². The Balaban J connectivity index is 2.59. The van der Waals surface area contributed by atoms with Gasteiger partial charge in [0.1, 0.15) is 0 Å². The Morgan fingerprint density at radius 3 is 2.74 bits per heavy atom. The number of aliphatic carboxylic acids is 1. The van der Waals surface area contributed by atoms with E-state index in [1.54, 1.807) is 0 Å². The first-order chi connectivity index (χ1) is 9.08. The van der Waals surface area contributed by atoms with Crippen molar-refractivity contribution in [3.63, 3.8) is 0 Å². The molecule has 1 fully saturated rings. The molecule has 1 heterocycles. The molecular weight excluding hydrogens is 244 g/mol. The fourth-order valence-electron chi connectivity index (χ4n) is 2.52. The van der Waals surface area contributed by atoms with Crippen molar-refractivity contribution in [2.45, 2.75) is 38.6 Å². The van der Waals surface area contributed by atoms with Crippen LogP contribution in [0.4, 0.5) is 0 Å². The maximum absolute atomic E-state index is 12.3. The van der Waals surface area contributed by atoms with Gasteiger partial charge in [0.25, 0.3) is 0 Å². The Morgan fingerprint density at radius 2 is 2.16 bits per heavy atom. The molecule has 1 rings (SSSR count). The number of terminal acetylenes is 1. The molecule has 0 aromatic carbocycles. The summed E-state index contributed by atoms with van der Waals surface area (Å²) in [7, 11) is 0. The van der Waals surface area contributed by atoms with Gasteiger partial charge in [-0.05, 0) is 25.7 Å². The topological polar surface area (TPSA) is 60.9 Å². The van der Waals surface area contributed by atoms with Gasteiger partial charge < -0.3 is 10.0 Å². The van der Waals surface area contributed by atoms with Crippen molar-refractivity contribution in [3.05, 3.63) is 0 Å². The average molecular weight is 266 g/mol. The number of likely N-dealkylation sites (tertiary alicyclic amines) is 1. The summed E-state index contributed by atoms with van der Waals surface area (Å²) in [4.78, 5) is 26.4. The SMILES string of the molecule is C#CCN(CC(=O)O)CC(=O)N1CCCCC1CC. The van der Waals surface area contributed by atoms with Crippen molar-refractivity contribution >= 4 is 11.9 Å². The second kappa shape index (κ2) is 7.80. The van der Waals surface area contributed by atoms with E-state index in [-0.39, 0.29) is 25.5 Å². The summed E-state index contributed by atoms with van der Waals surface area (Å²) in [5, 5.41) is 8.80. The van der Waals surface area contributed by atoms with Crippen molar-refractivity contribution in [1.82, 2.24) is 9.80 Å². The lowest BCUT2D eigenvalue weighted by molar-refractivity contribution is -0.140. The summed E-state index contributed by atoms with van der Waals surface area (Å²) in [6.07, 6.45) is 9.37. The number of carbonyl (C=O) groups excluding carboxylic acids is 1. The van der Waals surface area contributed by atoms with Gasteiger partial charge in [0, 0.05) is 12.6 Å². The number of amides is 1. The van der Waals surface area contributed by atoms with Gasteiger partial charge in [-0.2, -0.15) is 0 Å². The van der Waals surface area contributed by atoms with Crippen LogP contribution in [0.5, 0.6) is 0 Å². The smallest absolute Gasteiger partial charge is 0.317 e. The third-order valence-corrected chi connectivity index (χ3v) is 3.45. The van der Waals surface area contributed by atoms with Crippen molar-refractivity contribution < 1.29 is 14.7 Å². The molecule has 5 nitrogen and oxygen atoms in total. The predicted octanol–water partition coefficient (Wildman–Crippen LogP) is 0.797.